The molecule has 0 fully saturated rings. The quantitative estimate of drug-likeness (QED) is 0.614. The Morgan fingerprint density at radius 3 is 2.84 bits per heavy atom. The normalized spacial score (nSPS) is 14.4. The molecule has 0 unspecified atom stereocenters. The number of rotatable bonds is 1. The average molecular weight is 258 g/mol. The molecule has 0 atom stereocenters. The van der Waals surface area contributed by atoms with E-state index < -0.39 is 6.85 Å². The minimum absolute atomic E-state index is 0.165. The van der Waals surface area contributed by atoms with E-state index in [1.807, 2.05) is 40.0 Å². The molecule has 0 aromatic carbocycles. The molecule has 0 saturated heterocycles. The van der Waals surface area contributed by atoms with E-state index in [0.29, 0.717) is 11.5 Å². The van der Waals surface area contributed by atoms with Gasteiger partial charge in [0.15, 0.2) is 6.20 Å². The second-order valence-corrected chi connectivity index (χ2v) is 4.99. The van der Waals surface area contributed by atoms with Gasteiger partial charge in [0, 0.05) is 35.2 Å². The van der Waals surface area contributed by atoms with Gasteiger partial charge in [-0.05, 0) is 26.3 Å². The SMILES string of the molecule is [2H]C([2H])([2H])c1nc2n(C)c(-c3cc(C)cc[n+]3C)cn2c1C. The minimum Gasteiger partial charge on any atom is -0.308 e. The molecule has 4 heteroatoms. The van der Waals surface area contributed by atoms with E-state index in [1.54, 1.807) is 6.92 Å². The second kappa shape index (κ2) is 3.95. The Morgan fingerprint density at radius 2 is 2.16 bits per heavy atom. The molecule has 19 heavy (non-hydrogen) atoms. The van der Waals surface area contributed by atoms with Crippen LogP contribution in [0.5, 0.6) is 0 Å². The van der Waals surface area contributed by atoms with Crippen LogP contribution in [0.25, 0.3) is 17.2 Å². The van der Waals surface area contributed by atoms with Gasteiger partial charge in [-0.3, -0.25) is 4.40 Å². The summed E-state index contributed by atoms with van der Waals surface area (Å²) < 4.78 is 28.6. The summed E-state index contributed by atoms with van der Waals surface area (Å²) in [4.78, 5) is 4.34. The maximum atomic E-state index is 7.58. The van der Waals surface area contributed by atoms with Crippen LogP contribution in [0.15, 0.2) is 24.5 Å². The van der Waals surface area contributed by atoms with Crippen LogP contribution in [0.4, 0.5) is 0 Å². The average Bonchev–Trinajstić information content (AvgIpc) is 2.91. The number of hydrogen-bond acceptors (Lipinski definition) is 1. The number of nitrogens with zero attached hydrogens (tertiary/aromatic N) is 4. The van der Waals surface area contributed by atoms with E-state index in [2.05, 4.69) is 24.0 Å². The summed E-state index contributed by atoms with van der Waals surface area (Å²) in [5.74, 6) is 0.639. The number of pyridine rings is 1. The topological polar surface area (TPSA) is 26.1 Å². The molecule has 0 aliphatic heterocycles. The zero-order valence-electron chi connectivity index (χ0n) is 14.6. The van der Waals surface area contributed by atoms with E-state index in [4.69, 9.17) is 4.11 Å². The Balaban J connectivity index is 2.26. The van der Waals surface area contributed by atoms with E-state index in [0.717, 1.165) is 11.4 Å². The molecule has 3 rings (SSSR count). The molecule has 3 heterocycles. The molecule has 0 aliphatic rings. The first kappa shape index (κ1) is 8.91. The number of imidazole rings is 2. The van der Waals surface area contributed by atoms with E-state index in [1.165, 1.54) is 5.56 Å². The molecule has 0 saturated carbocycles. The maximum absolute atomic E-state index is 7.58. The Kier molecular flexibility index (Phi) is 1.85. The number of fused-ring (bicyclic) bond motifs is 1. The van der Waals surface area contributed by atoms with Gasteiger partial charge in [0.05, 0.1) is 5.69 Å². The Morgan fingerprint density at radius 1 is 1.37 bits per heavy atom. The van der Waals surface area contributed by atoms with Crippen molar-refractivity contribution in [2.24, 2.45) is 14.1 Å². The third-order valence-corrected chi connectivity index (χ3v) is 3.61. The fourth-order valence-electron chi connectivity index (χ4n) is 2.37. The molecule has 0 amide bonds. The smallest absolute Gasteiger partial charge is 0.230 e. The first-order valence-corrected chi connectivity index (χ1v) is 6.21. The Hall–Kier alpha value is -2.10. The van der Waals surface area contributed by atoms with Crippen LogP contribution >= 0.6 is 0 Å². The van der Waals surface area contributed by atoms with Crippen molar-refractivity contribution in [3.05, 3.63) is 41.5 Å². The zero-order valence-corrected chi connectivity index (χ0v) is 11.6. The maximum Gasteiger partial charge on any atom is 0.230 e. The molecule has 3 aromatic rings. The molecular weight excluding hydrogens is 236 g/mol. The van der Waals surface area contributed by atoms with Gasteiger partial charge in [-0.1, -0.05) is 0 Å². The predicted octanol–water partition coefficient (Wildman–Crippen LogP) is 2.09. The largest absolute Gasteiger partial charge is 0.308 e. The van der Waals surface area contributed by atoms with Crippen molar-refractivity contribution < 1.29 is 8.68 Å². The lowest BCUT2D eigenvalue weighted by Crippen LogP contribution is -2.31. The molecule has 0 N–H and O–H groups in total. The van der Waals surface area contributed by atoms with Gasteiger partial charge in [-0.25, -0.2) is 4.98 Å². The van der Waals surface area contributed by atoms with Gasteiger partial charge in [-0.2, -0.15) is 4.57 Å². The lowest BCUT2D eigenvalue weighted by atomic mass is 10.2. The van der Waals surface area contributed by atoms with Crippen molar-refractivity contribution in [3.63, 3.8) is 0 Å². The van der Waals surface area contributed by atoms with E-state index >= 15 is 0 Å². The van der Waals surface area contributed by atoms with Gasteiger partial charge in [0.1, 0.15) is 12.7 Å². The first-order chi connectivity index (χ1) is 10.2. The summed E-state index contributed by atoms with van der Waals surface area (Å²) in [5, 5.41) is 0. The van der Waals surface area contributed by atoms with Crippen LogP contribution in [0.2, 0.25) is 0 Å². The fourth-order valence-corrected chi connectivity index (χ4v) is 2.37. The Labute approximate surface area is 117 Å². The summed E-state index contributed by atoms with van der Waals surface area (Å²) in [5.41, 5.74) is 4.05. The predicted molar refractivity (Wildman–Crippen MR) is 75.0 cm³/mol. The number of aromatic nitrogens is 4. The van der Waals surface area contributed by atoms with Gasteiger partial charge in [0.25, 0.3) is 0 Å². The summed E-state index contributed by atoms with van der Waals surface area (Å²) in [7, 11) is 3.90. The third-order valence-electron chi connectivity index (χ3n) is 3.61. The highest BCUT2D eigenvalue weighted by Crippen LogP contribution is 2.21. The molecule has 0 bridgehead atoms. The van der Waals surface area contributed by atoms with Gasteiger partial charge in [-0.15, -0.1) is 0 Å². The highest BCUT2D eigenvalue weighted by atomic mass is 15.2. The Bertz CT molecular complexity index is 871. The van der Waals surface area contributed by atoms with E-state index in [-0.39, 0.29) is 5.69 Å². The fraction of sp³-hybridized carbons (Fsp3) is 0.333. The van der Waals surface area contributed by atoms with E-state index in [9.17, 15) is 0 Å². The molecule has 98 valence electrons. The molecule has 3 aromatic heterocycles. The van der Waals surface area contributed by atoms with Crippen molar-refractivity contribution >= 4 is 5.78 Å². The van der Waals surface area contributed by atoms with Crippen LogP contribution in [0, 0.1) is 20.7 Å². The van der Waals surface area contributed by atoms with Gasteiger partial charge < -0.3 is 4.57 Å². The summed E-state index contributed by atoms with van der Waals surface area (Å²) in [6.07, 6.45) is 3.96. The highest BCUT2D eigenvalue weighted by Gasteiger charge is 2.18. The van der Waals surface area contributed by atoms with Crippen LogP contribution in [0.3, 0.4) is 0 Å². The molecular formula is C15H19N4+. The van der Waals surface area contributed by atoms with Crippen molar-refractivity contribution in [1.29, 1.82) is 0 Å². The van der Waals surface area contributed by atoms with Crippen molar-refractivity contribution in [2.45, 2.75) is 20.7 Å². The third kappa shape index (κ3) is 1.67. The van der Waals surface area contributed by atoms with Crippen LogP contribution in [-0.4, -0.2) is 14.0 Å². The summed E-state index contributed by atoms with van der Waals surface area (Å²) >= 11 is 0. The van der Waals surface area contributed by atoms with Crippen molar-refractivity contribution in [2.75, 3.05) is 0 Å². The molecule has 0 aliphatic carbocycles. The molecule has 0 spiro atoms. The zero-order chi connectivity index (χ0) is 16.2. The van der Waals surface area contributed by atoms with Crippen LogP contribution in [0.1, 0.15) is 21.1 Å². The van der Waals surface area contributed by atoms with Gasteiger partial charge in [0.2, 0.25) is 11.5 Å². The van der Waals surface area contributed by atoms with Gasteiger partial charge >= 0.3 is 0 Å². The molecule has 4 nitrogen and oxygen atoms in total. The number of hydrogen-bond donors (Lipinski definition) is 0. The van der Waals surface area contributed by atoms with Crippen molar-refractivity contribution in [1.82, 2.24) is 14.0 Å². The summed E-state index contributed by atoms with van der Waals surface area (Å²) in [6, 6.07) is 4.16. The standard InChI is InChI=1S/C15H19N4/c1-10-6-7-17(4)13(8-10)14-9-19-12(3)11(2)16-15(19)18(14)5/h6-9H,1-5H3/q+1/i2D3. The minimum atomic E-state index is -2.19. The first-order valence-electron chi connectivity index (χ1n) is 7.71. The highest BCUT2D eigenvalue weighted by molar-refractivity contribution is 5.58. The van der Waals surface area contributed by atoms with Crippen LogP contribution < -0.4 is 4.57 Å². The monoisotopic (exact) mass is 258 g/mol. The second-order valence-electron chi connectivity index (χ2n) is 4.99. The molecule has 0 radical (unpaired) electrons. The lowest BCUT2D eigenvalue weighted by molar-refractivity contribution is -0.660. The van der Waals surface area contributed by atoms with Crippen LogP contribution in [-0.2, 0) is 14.1 Å². The lowest BCUT2D eigenvalue weighted by Gasteiger charge is -2.02. The summed E-state index contributed by atoms with van der Waals surface area (Å²) in [6.45, 7) is 1.65. The number of aryl methyl sites for hydroxylation is 5. The van der Waals surface area contributed by atoms with Crippen molar-refractivity contribution in [3.8, 4) is 11.4 Å².